The summed E-state index contributed by atoms with van der Waals surface area (Å²) in [6, 6.07) is 9.90. The maximum Gasteiger partial charge on any atom is 0.249 e. The predicted molar refractivity (Wildman–Crippen MR) is 74.9 cm³/mol. The number of aromatic nitrogens is 1. The Bertz CT molecular complexity index is 628. The van der Waals surface area contributed by atoms with E-state index in [4.69, 9.17) is 5.73 Å². The highest BCUT2D eigenvalue weighted by atomic mass is 16.1. The Balaban J connectivity index is 2.05. The zero-order valence-electron chi connectivity index (χ0n) is 10.9. The molecular formula is C16H16N2O. The lowest BCUT2D eigenvalue weighted by Gasteiger charge is -2.08. The lowest BCUT2D eigenvalue weighted by molar-refractivity contribution is 0.0999. The Morgan fingerprint density at radius 3 is 2.63 bits per heavy atom. The number of benzene rings is 1. The molecule has 3 rings (SSSR count). The normalized spacial score (nSPS) is 14.4. The van der Waals surface area contributed by atoms with Crippen LogP contribution in [-0.4, -0.2) is 10.9 Å². The van der Waals surface area contributed by atoms with Gasteiger partial charge < -0.3 is 5.73 Å². The van der Waals surface area contributed by atoms with Crippen molar-refractivity contribution in [3.05, 3.63) is 53.2 Å². The number of primary amides is 1. The van der Waals surface area contributed by atoms with Gasteiger partial charge in [-0.15, -0.1) is 0 Å². The molecule has 1 saturated carbocycles. The number of rotatable bonds is 3. The number of aryl methyl sites for hydroxylation is 1. The van der Waals surface area contributed by atoms with Crippen LogP contribution in [0.25, 0.3) is 11.3 Å². The van der Waals surface area contributed by atoms with E-state index >= 15 is 0 Å². The van der Waals surface area contributed by atoms with E-state index in [1.54, 1.807) is 0 Å². The van der Waals surface area contributed by atoms with Crippen LogP contribution in [0.4, 0.5) is 0 Å². The van der Waals surface area contributed by atoms with Crippen LogP contribution < -0.4 is 5.73 Å². The Kier molecular flexibility index (Phi) is 2.82. The summed E-state index contributed by atoms with van der Waals surface area (Å²) in [5, 5.41) is 0. The molecule has 1 heterocycles. The summed E-state index contributed by atoms with van der Waals surface area (Å²) in [5.41, 5.74) is 10.2. The summed E-state index contributed by atoms with van der Waals surface area (Å²) in [6.07, 6.45) is 4.14. The van der Waals surface area contributed by atoms with Crippen LogP contribution in [-0.2, 0) is 0 Å². The number of pyridine rings is 1. The van der Waals surface area contributed by atoms with Gasteiger partial charge in [0.2, 0.25) is 5.91 Å². The topological polar surface area (TPSA) is 56.0 Å². The van der Waals surface area contributed by atoms with Crippen LogP contribution in [0.1, 0.15) is 40.2 Å². The first-order valence-electron chi connectivity index (χ1n) is 6.52. The second kappa shape index (κ2) is 4.50. The van der Waals surface area contributed by atoms with E-state index in [1.165, 1.54) is 0 Å². The third kappa shape index (κ3) is 2.36. The van der Waals surface area contributed by atoms with Crippen molar-refractivity contribution >= 4 is 5.91 Å². The van der Waals surface area contributed by atoms with E-state index in [2.05, 4.69) is 4.98 Å². The molecule has 0 unspecified atom stereocenters. The van der Waals surface area contributed by atoms with Gasteiger partial charge in [0.15, 0.2) is 0 Å². The molecule has 1 fully saturated rings. The third-order valence-electron chi connectivity index (χ3n) is 3.54. The highest BCUT2D eigenvalue weighted by molar-refractivity contribution is 5.96. The van der Waals surface area contributed by atoms with Crippen LogP contribution in [0.3, 0.4) is 0 Å². The van der Waals surface area contributed by atoms with Crippen LogP contribution in [0.2, 0.25) is 0 Å². The van der Waals surface area contributed by atoms with Crippen LogP contribution in [0.15, 0.2) is 36.5 Å². The molecule has 96 valence electrons. The van der Waals surface area contributed by atoms with Crippen molar-refractivity contribution in [2.45, 2.75) is 25.7 Å². The van der Waals surface area contributed by atoms with Gasteiger partial charge in [0.1, 0.15) is 0 Å². The van der Waals surface area contributed by atoms with Crippen molar-refractivity contribution in [2.75, 3.05) is 0 Å². The Hall–Kier alpha value is -2.16. The molecule has 1 aliphatic carbocycles. The van der Waals surface area contributed by atoms with E-state index in [9.17, 15) is 4.79 Å². The van der Waals surface area contributed by atoms with Gasteiger partial charge in [-0.3, -0.25) is 9.78 Å². The number of hydrogen-bond acceptors (Lipinski definition) is 2. The summed E-state index contributed by atoms with van der Waals surface area (Å²) in [5.74, 6) is 0.165. The summed E-state index contributed by atoms with van der Waals surface area (Å²) >= 11 is 0. The fourth-order valence-corrected chi connectivity index (χ4v) is 2.32. The number of hydrogen-bond donors (Lipinski definition) is 1. The Labute approximate surface area is 112 Å². The number of nitrogens with zero attached hydrogens (tertiary/aromatic N) is 1. The van der Waals surface area contributed by atoms with Crippen LogP contribution in [0, 0.1) is 6.92 Å². The molecule has 0 radical (unpaired) electrons. The minimum atomic E-state index is -0.351. The molecule has 1 amide bonds. The zero-order chi connectivity index (χ0) is 13.4. The highest BCUT2D eigenvalue weighted by Gasteiger charge is 2.27. The maximum absolute atomic E-state index is 11.6. The third-order valence-corrected chi connectivity index (χ3v) is 3.54. The number of nitrogens with two attached hydrogens (primary N) is 1. The average Bonchev–Trinajstić information content (AvgIpc) is 3.23. The fraction of sp³-hybridized carbons (Fsp3) is 0.250. The maximum atomic E-state index is 11.6. The summed E-state index contributed by atoms with van der Waals surface area (Å²) in [6.45, 7) is 2.00. The number of carbonyl (C=O) groups excluding carboxylic acids is 1. The SMILES string of the molecule is Cc1ccc(-c2ccc(C3CC3)c(C(N)=O)c2)nc1. The predicted octanol–water partition coefficient (Wildman–Crippen LogP) is 3.03. The zero-order valence-corrected chi connectivity index (χ0v) is 10.9. The summed E-state index contributed by atoms with van der Waals surface area (Å²) in [4.78, 5) is 16.0. The highest BCUT2D eigenvalue weighted by Crippen LogP contribution is 2.42. The van der Waals surface area contributed by atoms with E-state index in [0.717, 1.165) is 35.2 Å². The molecule has 3 nitrogen and oxygen atoms in total. The molecule has 0 spiro atoms. The van der Waals surface area contributed by atoms with Crippen molar-refractivity contribution in [1.29, 1.82) is 0 Å². The Morgan fingerprint density at radius 2 is 2.05 bits per heavy atom. The second-order valence-electron chi connectivity index (χ2n) is 5.16. The molecule has 3 heteroatoms. The van der Waals surface area contributed by atoms with E-state index < -0.39 is 0 Å². The monoisotopic (exact) mass is 252 g/mol. The molecule has 0 atom stereocenters. The van der Waals surface area contributed by atoms with Gasteiger partial charge in [-0.25, -0.2) is 0 Å². The van der Waals surface area contributed by atoms with Crippen LogP contribution in [0.5, 0.6) is 0 Å². The molecule has 0 aliphatic heterocycles. The van der Waals surface area contributed by atoms with E-state index in [1.807, 2.05) is 43.5 Å². The van der Waals surface area contributed by atoms with Crippen molar-refractivity contribution in [3.63, 3.8) is 0 Å². The van der Waals surface area contributed by atoms with Gasteiger partial charge in [-0.05, 0) is 48.9 Å². The van der Waals surface area contributed by atoms with E-state index in [-0.39, 0.29) is 5.91 Å². The second-order valence-corrected chi connectivity index (χ2v) is 5.16. The average molecular weight is 252 g/mol. The summed E-state index contributed by atoms with van der Waals surface area (Å²) < 4.78 is 0. The molecule has 2 aromatic rings. The standard InChI is InChI=1S/C16H16N2O/c1-10-2-7-15(18-9-10)12-5-6-13(11-3-4-11)14(8-12)16(17)19/h2,5-9,11H,3-4H2,1H3,(H2,17,19). The van der Waals surface area contributed by atoms with Gasteiger partial charge in [-0.1, -0.05) is 18.2 Å². The number of carbonyl (C=O) groups is 1. The largest absolute Gasteiger partial charge is 0.366 e. The molecule has 1 aliphatic rings. The van der Waals surface area contributed by atoms with Crippen molar-refractivity contribution in [2.24, 2.45) is 5.73 Å². The molecule has 1 aromatic carbocycles. The lowest BCUT2D eigenvalue weighted by Crippen LogP contribution is -2.13. The smallest absolute Gasteiger partial charge is 0.249 e. The van der Waals surface area contributed by atoms with Crippen molar-refractivity contribution < 1.29 is 4.79 Å². The minimum absolute atomic E-state index is 0.351. The summed E-state index contributed by atoms with van der Waals surface area (Å²) in [7, 11) is 0. The quantitative estimate of drug-likeness (QED) is 0.912. The molecule has 19 heavy (non-hydrogen) atoms. The lowest BCUT2D eigenvalue weighted by atomic mass is 9.98. The van der Waals surface area contributed by atoms with Gasteiger partial charge in [0.05, 0.1) is 5.69 Å². The molecular weight excluding hydrogens is 236 g/mol. The fourth-order valence-electron chi connectivity index (χ4n) is 2.32. The van der Waals surface area contributed by atoms with Crippen LogP contribution >= 0.6 is 0 Å². The minimum Gasteiger partial charge on any atom is -0.366 e. The van der Waals surface area contributed by atoms with E-state index in [0.29, 0.717) is 11.5 Å². The molecule has 1 aromatic heterocycles. The number of amides is 1. The first kappa shape index (κ1) is 11.9. The van der Waals surface area contributed by atoms with Gasteiger partial charge in [0, 0.05) is 17.3 Å². The van der Waals surface area contributed by atoms with Crippen molar-refractivity contribution in [1.82, 2.24) is 4.98 Å². The molecule has 2 N–H and O–H groups in total. The first-order chi connectivity index (χ1) is 9.15. The van der Waals surface area contributed by atoms with Gasteiger partial charge in [-0.2, -0.15) is 0 Å². The van der Waals surface area contributed by atoms with Gasteiger partial charge >= 0.3 is 0 Å². The van der Waals surface area contributed by atoms with Gasteiger partial charge in [0.25, 0.3) is 0 Å². The Morgan fingerprint density at radius 1 is 1.26 bits per heavy atom. The van der Waals surface area contributed by atoms with Crippen molar-refractivity contribution in [3.8, 4) is 11.3 Å². The molecule has 0 bridgehead atoms. The first-order valence-corrected chi connectivity index (χ1v) is 6.52. The molecule has 0 saturated heterocycles.